The maximum Gasteiger partial charge on any atom is 0.266 e. The first-order valence-electron chi connectivity index (χ1n) is 5.11. The number of aromatic nitrogens is 1. The van der Waals surface area contributed by atoms with Crippen molar-refractivity contribution in [3.63, 3.8) is 0 Å². The predicted octanol–water partition coefficient (Wildman–Crippen LogP) is 2.77. The number of benzene rings is 1. The van der Waals surface area contributed by atoms with Crippen LogP contribution in [0.5, 0.6) is 0 Å². The molecule has 0 fully saturated rings. The van der Waals surface area contributed by atoms with Crippen molar-refractivity contribution in [3.05, 3.63) is 33.8 Å². The molecule has 0 saturated heterocycles. The zero-order valence-electron chi connectivity index (χ0n) is 9.95. The van der Waals surface area contributed by atoms with E-state index in [1.54, 1.807) is 0 Å². The lowest BCUT2D eigenvalue weighted by Gasteiger charge is -2.08. The van der Waals surface area contributed by atoms with Crippen LogP contribution in [0.2, 0.25) is 5.02 Å². The molecule has 0 aliphatic heterocycles. The molecule has 0 aliphatic rings. The van der Waals surface area contributed by atoms with E-state index in [2.05, 4.69) is 4.98 Å². The standard InChI is InChI=1S/C10H8ClF2N3O2S2/c1-4-9(13)19-10(15-4)16-20(17,18)8-2-5(11)7(14)3-6(8)12/h2-3H,14H2,1H3,(H,15,16). The molecule has 1 heterocycles. The molecule has 1 aromatic heterocycles. The molecule has 20 heavy (non-hydrogen) atoms. The summed E-state index contributed by atoms with van der Waals surface area (Å²) in [4.78, 5) is 2.97. The third-order valence-electron chi connectivity index (χ3n) is 2.30. The smallest absolute Gasteiger partial charge is 0.266 e. The van der Waals surface area contributed by atoms with Gasteiger partial charge >= 0.3 is 0 Å². The largest absolute Gasteiger partial charge is 0.397 e. The Balaban J connectivity index is 2.43. The molecular formula is C10H8ClF2N3O2S2. The Morgan fingerprint density at radius 3 is 2.60 bits per heavy atom. The molecule has 0 radical (unpaired) electrons. The topological polar surface area (TPSA) is 85.1 Å². The molecule has 10 heteroatoms. The average Bonchev–Trinajstić information content (AvgIpc) is 2.61. The van der Waals surface area contributed by atoms with Crippen LogP contribution in [0, 0.1) is 17.9 Å². The van der Waals surface area contributed by atoms with Crippen LogP contribution in [0.25, 0.3) is 0 Å². The number of thiazole rings is 1. The van der Waals surface area contributed by atoms with Crippen molar-refractivity contribution in [1.29, 1.82) is 0 Å². The van der Waals surface area contributed by atoms with Crippen LogP contribution in [0.3, 0.4) is 0 Å². The van der Waals surface area contributed by atoms with Gasteiger partial charge in [-0.1, -0.05) is 22.9 Å². The number of nitrogens with two attached hydrogens (primary N) is 1. The number of aryl methyl sites for hydroxylation is 1. The van der Waals surface area contributed by atoms with E-state index in [9.17, 15) is 17.2 Å². The molecule has 3 N–H and O–H groups in total. The van der Waals surface area contributed by atoms with Gasteiger partial charge < -0.3 is 5.73 Å². The van der Waals surface area contributed by atoms with Crippen molar-refractivity contribution in [2.45, 2.75) is 11.8 Å². The molecule has 1 aromatic carbocycles. The van der Waals surface area contributed by atoms with Crippen LogP contribution in [-0.2, 0) is 10.0 Å². The van der Waals surface area contributed by atoms with Crippen LogP contribution in [0.1, 0.15) is 5.69 Å². The summed E-state index contributed by atoms with van der Waals surface area (Å²) in [7, 11) is -4.27. The number of rotatable bonds is 3. The highest BCUT2D eigenvalue weighted by Crippen LogP contribution is 2.28. The van der Waals surface area contributed by atoms with Gasteiger partial charge in [-0.15, -0.1) is 0 Å². The first kappa shape index (κ1) is 14.9. The van der Waals surface area contributed by atoms with E-state index in [1.165, 1.54) is 6.92 Å². The highest BCUT2D eigenvalue weighted by Gasteiger charge is 2.23. The minimum absolute atomic E-state index is 0.0449. The van der Waals surface area contributed by atoms with Gasteiger partial charge in [0.25, 0.3) is 10.0 Å². The van der Waals surface area contributed by atoms with Crippen LogP contribution < -0.4 is 10.5 Å². The molecule has 0 amide bonds. The first-order chi connectivity index (χ1) is 9.20. The second kappa shape index (κ2) is 5.15. The Morgan fingerprint density at radius 1 is 1.40 bits per heavy atom. The van der Waals surface area contributed by atoms with Gasteiger partial charge in [0.1, 0.15) is 10.7 Å². The van der Waals surface area contributed by atoms with Gasteiger partial charge in [0.2, 0.25) is 5.13 Å². The predicted molar refractivity (Wildman–Crippen MR) is 73.4 cm³/mol. The molecule has 0 aliphatic carbocycles. The van der Waals surface area contributed by atoms with Crippen LogP contribution in [0.4, 0.5) is 19.6 Å². The molecular weight excluding hydrogens is 332 g/mol. The van der Waals surface area contributed by atoms with E-state index in [-0.39, 0.29) is 21.5 Å². The van der Waals surface area contributed by atoms with E-state index < -0.39 is 25.9 Å². The van der Waals surface area contributed by atoms with E-state index in [0.29, 0.717) is 11.3 Å². The number of anilines is 2. The first-order valence-corrected chi connectivity index (χ1v) is 7.78. The maximum atomic E-state index is 13.7. The summed E-state index contributed by atoms with van der Waals surface area (Å²) in [5.74, 6) is -1.06. The fraction of sp³-hybridized carbons (Fsp3) is 0.100. The van der Waals surface area contributed by atoms with E-state index in [1.807, 2.05) is 4.72 Å². The van der Waals surface area contributed by atoms with E-state index in [4.69, 9.17) is 17.3 Å². The van der Waals surface area contributed by atoms with Crippen LogP contribution in [-0.4, -0.2) is 13.4 Å². The Morgan fingerprint density at radius 2 is 2.05 bits per heavy atom. The van der Waals surface area contributed by atoms with Gasteiger partial charge in [0.15, 0.2) is 5.13 Å². The molecule has 2 aromatic rings. The van der Waals surface area contributed by atoms with E-state index in [0.717, 1.165) is 12.1 Å². The second-order valence-electron chi connectivity index (χ2n) is 3.79. The van der Waals surface area contributed by atoms with Crippen LogP contribution in [0.15, 0.2) is 17.0 Å². The third-order valence-corrected chi connectivity index (χ3v) is 4.97. The molecule has 5 nitrogen and oxygen atoms in total. The molecule has 0 atom stereocenters. The quantitative estimate of drug-likeness (QED) is 0.842. The normalized spacial score (nSPS) is 11.6. The number of nitrogens with one attached hydrogen (secondary N) is 1. The van der Waals surface area contributed by atoms with Gasteiger partial charge in [-0.05, 0) is 19.1 Å². The zero-order chi connectivity index (χ0) is 15.1. The van der Waals surface area contributed by atoms with Crippen molar-refractivity contribution in [2.24, 2.45) is 0 Å². The second-order valence-corrected chi connectivity index (χ2v) is 6.80. The van der Waals surface area contributed by atoms with Gasteiger partial charge in [-0.2, -0.15) is 4.39 Å². The lowest BCUT2D eigenvalue weighted by molar-refractivity contribution is 0.571. The fourth-order valence-corrected chi connectivity index (χ4v) is 3.59. The number of halogens is 3. The summed E-state index contributed by atoms with van der Waals surface area (Å²) in [6.07, 6.45) is 0. The van der Waals surface area contributed by atoms with Gasteiger partial charge in [-0.25, -0.2) is 17.8 Å². The third kappa shape index (κ3) is 2.84. The summed E-state index contributed by atoms with van der Waals surface area (Å²) in [6.45, 7) is 1.38. The van der Waals surface area contributed by atoms with E-state index >= 15 is 0 Å². The lowest BCUT2D eigenvalue weighted by Crippen LogP contribution is -2.15. The summed E-state index contributed by atoms with van der Waals surface area (Å²) in [6, 6.07) is 1.68. The molecule has 0 saturated carbocycles. The number of nitrogens with zero attached hydrogens (tertiary/aromatic N) is 1. The van der Waals surface area contributed by atoms with Crippen molar-refractivity contribution in [3.8, 4) is 0 Å². The van der Waals surface area contributed by atoms with Gasteiger partial charge in [0.05, 0.1) is 16.4 Å². The average molecular weight is 340 g/mol. The number of sulfonamides is 1. The minimum Gasteiger partial charge on any atom is -0.397 e. The van der Waals surface area contributed by atoms with Crippen molar-refractivity contribution < 1.29 is 17.2 Å². The maximum absolute atomic E-state index is 13.7. The fourth-order valence-electron chi connectivity index (χ4n) is 1.34. The Bertz CT molecular complexity index is 758. The SMILES string of the molecule is Cc1nc(NS(=O)(=O)c2cc(Cl)c(N)cc2F)sc1F. The van der Waals surface area contributed by atoms with Crippen LogP contribution >= 0.6 is 22.9 Å². The molecule has 108 valence electrons. The highest BCUT2D eigenvalue weighted by atomic mass is 35.5. The summed E-state index contributed by atoms with van der Waals surface area (Å²) in [5, 5.41) is -0.931. The van der Waals surface area contributed by atoms with Crippen molar-refractivity contribution in [2.75, 3.05) is 10.5 Å². The minimum atomic E-state index is -4.27. The Hall–Kier alpha value is -1.45. The summed E-state index contributed by atoms with van der Waals surface area (Å²) in [5.41, 5.74) is 5.32. The molecule has 0 bridgehead atoms. The van der Waals surface area contributed by atoms with Crippen molar-refractivity contribution >= 4 is 43.8 Å². The Labute approximate surface area is 122 Å². The molecule has 0 unspecified atom stereocenters. The number of hydrogen-bond donors (Lipinski definition) is 2. The summed E-state index contributed by atoms with van der Waals surface area (Å²) >= 11 is 6.17. The Kier molecular flexibility index (Phi) is 3.85. The lowest BCUT2D eigenvalue weighted by atomic mass is 10.3. The van der Waals surface area contributed by atoms with Crippen molar-refractivity contribution in [1.82, 2.24) is 4.98 Å². The highest BCUT2D eigenvalue weighted by molar-refractivity contribution is 7.93. The molecule has 0 spiro atoms. The number of hydrogen-bond acceptors (Lipinski definition) is 5. The monoisotopic (exact) mass is 339 g/mol. The van der Waals surface area contributed by atoms with Gasteiger partial charge in [-0.3, -0.25) is 4.72 Å². The molecule has 2 rings (SSSR count). The number of nitrogen functional groups attached to an aromatic ring is 1. The summed E-state index contributed by atoms with van der Waals surface area (Å²) < 4.78 is 52.8. The zero-order valence-corrected chi connectivity index (χ0v) is 12.3. The van der Waals surface area contributed by atoms with Gasteiger partial charge in [0, 0.05) is 0 Å².